The van der Waals surface area contributed by atoms with Crippen LogP contribution >= 0.6 is 12.2 Å². The minimum absolute atomic E-state index is 0.0302. The van der Waals surface area contributed by atoms with Gasteiger partial charge in [0.15, 0.2) is 0 Å². The van der Waals surface area contributed by atoms with E-state index in [1.54, 1.807) is 12.1 Å². The molecule has 0 amide bonds. The van der Waals surface area contributed by atoms with Crippen LogP contribution in [-0.4, -0.2) is 42.5 Å². The Labute approximate surface area is 130 Å². The van der Waals surface area contributed by atoms with Gasteiger partial charge in [0.2, 0.25) is 0 Å². The number of hydrogen-bond donors (Lipinski definition) is 1. The molecule has 3 rings (SSSR count). The van der Waals surface area contributed by atoms with Crippen molar-refractivity contribution in [1.82, 2.24) is 19.4 Å². The Morgan fingerprint density at radius 2 is 2.05 bits per heavy atom. The van der Waals surface area contributed by atoms with Gasteiger partial charge < -0.3 is 0 Å². The molecule has 21 heavy (non-hydrogen) atoms. The quantitative estimate of drug-likeness (QED) is 0.531. The third-order valence-corrected chi connectivity index (χ3v) is 7.23. The molecule has 0 saturated carbocycles. The fourth-order valence-corrected chi connectivity index (χ4v) is 5.18. The second-order valence-electron chi connectivity index (χ2n) is 4.04. The standard InChI is InChI=1S/C11H8N4O3S2Se/c16-20(17,6-8-12-14-11(19)18-8)10-9(13-15-21-10)7-4-2-1-3-5-7/h1-5H,6H2,(H,14,19). The molecule has 2 aromatic heterocycles. The molecule has 1 aromatic carbocycles. The van der Waals surface area contributed by atoms with Crippen molar-refractivity contribution >= 4 is 36.8 Å². The molecule has 0 radical (unpaired) electrons. The van der Waals surface area contributed by atoms with E-state index in [1.165, 1.54) is 0 Å². The first kappa shape index (κ1) is 14.3. The van der Waals surface area contributed by atoms with Crippen LogP contribution in [0.25, 0.3) is 11.3 Å². The fraction of sp³-hybridized carbons (Fsp3) is 0.0909. The molecule has 0 fully saturated rings. The van der Waals surface area contributed by atoms with Crippen LogP contribution in [0.2, 0.25) is 0 Å². The zero-order valence-electron chi connectivity index (χ0n) is 10.4. The van der Waals surface area contributed by atoms with Crippen LogP contribution in [0.5, 0.6) is 0 Å². The van der Waals surface area contributed by atoms with Crippen molar-refractivity contribution in [3.63, 3.8) is 0 Å². The second kappa shape index (κ2) is 5.64. The van der Waals surface area contributed by atoms with Gasteiger partial charge in [0.1, 0.15) is 0 Å². The summed E-state index contributed by atoms with van der Waals surface area (Å²) >= 11 is 4.16. The van der Waals surface area contributed by atoms with Crippen molar-refractivity contribution in [2.45, 2.75) is 9.52 Å². The van der Waals surface area contributed by atoms with Gasteiger partial charge in [0.05, 0.1) is 0 Å². The molecule has 0 atom stereocenters. The summed E-state index contributed by atoms with van der Waals surface area (Å²) in [6.45, 7) is 0. The number of nitrogens with one attached hydrogen (secondary N) is 1. The Balaban J connectivity index is 2.01. The van der Waals surface area contributed by atoms with Gasteiger partial charge in [0, 0.05) is 0 Å². The first-order valence-corrected chi connectivity index (χ1v) is 9.39. The topological polar surface area (TPSA) is 102 Å². The van der Waals surface area contributed by atoms with Crippen LogP contribution in [0.3, 0.4) is 0 Å². The van der Waals surface area contributed by atoms with Crippen LogP contribution < -0.4 is 0 Å². The summed E-state index contributed by atoms with van der Waals surface area (Å²) in [6.07, 6.45) is 0. The van der Waals surface area contributed by atoms with Gasteiger partial charge in [-0.15, -0.1) is 0 Å². The van der Waals surface area contributed by atoms with E-state index < -0.39 is 24.6 Å². The van der Waals surface area contributed by atoms with Crippen molar-refractivity contribution in [2.24, 2.45) is 0 Å². The number of nitrogens with zero attached hydrogens (tertiary/aromatic N) is 3. The Bertz CT molecular complexity index is 914. The molecule has 108 valence electrons. The Hall–Kier alpha value is -1.61. The molecule has 0 unspecified atom stereocenters. The zero-order valence-corrected chi connectivity index (χ0v) is 13.7. The minimum atomic E-state index is -3.60. The SMILES string of the molecule is O=S(=O)(Cc1n[nH]c(=S)o1)c1[se]nnc1-c1ccccc1. The maximum atomic E-state index is 12.5. The average Bonchev–Trinajstić information content (AvgIpc) is 3.09. The second-order valence-corrected chi connectivity index (χ2v) is 8.50. The molecular formula is C11H8N4O3S2Se. The van der Waals surface area contributed by atoms with Crippen LogP contribution in [0.1, 0.15) is 5.89 Å². The van der Waals surface area contributed by atoms with Gasteiger partial charge in [-0.1, -0.05) is 0 Å². The first-order chi connectivity index (χ1) is 10.1. The Kier molecular flexibility index (Phi) is 3.85. The number of sulfone groups is 1. The van der Waals surface area contributed by atoms with Gasteiger partial charge in [-0.05, 0) is 0 Å². The van der Waals surface area contributed by atoms with Crippen LogP contribution in [0, 0.1) is 4.84 Å². The maximum absolute atomic E-state index is 12.5. The number of aromatic amines is 1. The molecule has 0 aliphatic carbocycles. The van der Waals surface area contributed by atoms with Gasteiger partial charge in [-0.3, -0.25) is 0 Å². The molecule has 7 nitrogen and oxygen atoms in total. The third kappa shape index (κ3) is 3.03. The van der Waals surface area contributed by atoms with Gasteiger partial charge in [-0.25, -0.2) is 0 Å². The van der Waals surface area contributed by atoms with Crippen molar-refractivity contribution in [3.8, 4) is 11.3 Å². The molecule has 0 spiro atoms. The summed E-state index contributed by atoms with van der Waals surface area (Å²) in [4.78, 5) is 0.0452. The van der Waals surface area contributed by atoms with E-state index in [0.717, 1.165) is 5.56 Å². The molecular weight excluding hydrogens is 379 g/mol. The summed E-state index contributed by atoms with van der Waals surface area (Å²) in [5, 5.41) is 10.1. The summed E-state index contributed by atoms with van der Waals surface area (Å²) in [7, 11) is -3.60. The van der Waals surface area contributed by atoms with Gasteiger partial charge >= 0.3 is 131 Å². The predicted octanol–water partition coefficient (Wildman–Crippen LogP) is 1.22. The van der Waals surface area contributed by atoms with E-state index in [9.17, 15) is 8.42 Å². The number of hydrogen-bond acceptors (Lipinski definition) is 7. The summed E-state index contributed by atoms with van der Waals surface area (Å²) in [5.74, 6) is -0.332. The van der Waals surface area contributed by atoms with Crippen molar-refractivity contribution in [2.75, 3.05) is 0 Å². The number of aromatic nitrogens is 4. The van der Waals surface area contributed by atoms with E-state index in [2.05, 4.69) is 19.4 Å². The summed E-state index contributed by atoms with van der Waals surface area (Å²) in [6, 6.07) is 9.08. The first-order valence-electron chi connectivity index (χ1n) is 5.71. The molecule has 2 heterocycles. The summed E-state index contributed by atoms with van der Waals surface area (Å²) < 4.78 is 34.1. The molecule has 0 bridgehead atoms. The third-order valence-electron chi connectivity index (χ3n) is 2.58. The zero-order chi connectivity index (χ0) is 14.9. The van der Waals surface area contributed by atoms with E-state index in [4.69, 9.17) is 16.6 Å². The number of benzene rings is 1. The van der Waals surface area contributed by atoms with Crippen molar-refractivity contribution in [3.05, 3.63) is 41.1 Å². The van der Waals surface area contributed by atoms with E-state index in [1.807, 2.05) is 18.2 Å². The van der Waals surface area contributed by atoms with E-state index in [-0.39, 0.29) is 20.3 Å². The molecule has 1 N–H and O–H groups in total. The monoisotopic (exact) mass is 388 g/mol. The molecule has 10 heteroatoms. The van der Waals surface area contributed by atoms with E-state index in [0.29, 0.717) is 5.69 Å². The molecule has 0 saturated heterocycles. The fourth-order valence-electron chi connectivity index (χ4n) is 1.71. The van der Waals surface area contributed by atoms with Crippen LogP contribution in [-0.2, 0) is 15.6 Å². The molecule has 0 aliphatic rings. The average molecular weight is 387 g/mol. The number of rotatable bonds is 4. The Morgan fingerprint density at radius 3 is 2.71 bits per heavy atom. The normalized spacial score (nSPS) is 11.6. The van der Waals surface area contributed by atoms with E-state index >= 15 is 0 Å². The predicted molar refractivity (Wildman–Crippen MR) is 77.0 cm³/mol. The van der Waals surface area contributed by atoms with Gasteiger partial charge in [-0.2, -0.15) is 0 Å². The van der Waals surface area contributed by atoms with Crippen molar-refractivity contribution in [1.29, 1.82) is 0 Å². The van der Waals surface area contributed by atoms with Crippen LogP contribution in [0.4, 0.5) is 0 Å². The number of H-pyrrole nitrogens is 1. The van der Waals surface area contributed by atoms with Crippen LogP contribution in [0.15, 0.2) is 38.5 Å². The van der Waals surface area contributed by atoms with Crippen molar-refractivity contribution < 1.29 is 12.8 Å². The van der Waals surface area contributed by atoms with Gasteiger partial charge in [0.25, 0.3) is 0 Å². The Morgan fingerprint density at radius 1 is 1.29 bits per heavy atom. The molecule has 3 aromatic rings. The molecule has 0 aliphatic heterocycles. The summed E-state index contributed by atoms with van der Waals surface area (Å²) in [5.41, 5.74) is 1.12.